The van der Waals surface area contributed by atoms with Gasteiger partial charge in [-0.05, 0) is 48.1 Å². The zero-order valence-corrected chi connectivity index (χ0v) is 27.1. The molecule has 2 aromatic heterocycles. The largest absolute Gasteiger partial charge is 0.309 e. The summed E-state index contributed by atoms with van der Waals surface area (Å²) in [4.78, 5) is 15.3. The van der Waals surface area contributed by atoms with Crippen molar-refractivity contribution in [3.8, 4) is 22.8 Å². The van der Waals surface area contributed by atoms with Crippen LogP contribution in [0.2, 0.25) is 0 Å². The van der Waals surface area contributed by atoms with Crippen LogP contribution >= 0.6 is 0 Å². The first kappa shape index (κ1) is 29.0. The van der Waals surface area contributed by atoms with Crippen molar-refractivity contribution >= 4 is 38.6 Å². The Labute approximate surface area is 286 Å². The quantitative estimate of drug-likeness (QED) is 0.184. The number of hydrogen-bond donors (Lipinski definition) is 0. The minimum absolute atomic E-state index is 0.0298. The van der Waals surface area contributed by atoms with E-state index in [1.807, 2.05) is 18.2 Å². The Bertz CT molecular complexity index is 2390. The normalized spacial score (nSPS) is 16.0. The Balaban J connectivity index is 1.12. The summed E-state index contributed by atoms with van der Waals surface area (Å²) in [5.74, 6) is 2.20. The predicted octanol–water partition coefficient (Wildman–Crippen LogP) is 11.2. The first-order valence-corrected chi connectivity index (χ1v) is 17.1. The molecule has 1 atom stereocenters. The third-order valence-electron chi connectivity index (χ3n) is 9.67. The molecule has 4 nitrogen and oxygen atoms in total. The van der Waals surface area contributed by atoms with Crippen molar-refractivity contribution in [3.05, 3.63) is 181 Å². The summed E-state index contributed by atoms with van der Waals surface area (Å²) in [5, 5.41) is 2.55. The van der Waals surface area contributed by atoms with Crippen LogP contribution in [0, 0.1) is 0 Å². The van der Waals surface area contributed by atoms with Crippen LogP contribution in [0.5, 0.6) is 0 Å². The Morgan fingerprint density at radius 3 is 1.73 bits per heavy atom. The molecule has 2 aliphatic carbocycles. The molecule has 0 aliphatic heterocycles. The van der Waals surface area contributed by atoms with E-state index in [0.717, 1.165) is 36.2 Å². The van der Waals surface area contributed by atoms with Crippen molar-refractivity contribution < 1.29 is 0 Å². The second-order valence-electron chi connectivity index (χ2n) is 12.6. The van der Waals surface area contributed by atoms with Crippen LogP contribution in [0.3, 0.4) is 0 Å². The Morgan fingerprint density at radius 2 is 1.06 bits per heavy atom. The second-order valence-corrected chi connectivity index (χ2v) is 12.6. The smallest absolute Gasteiger partial charge is 0.163 e. The maximum Gasteiger partial charge on any atom is 0.163 e. The maximum absolute atomic E-state index is 5.17. The summed E-state index contributed by atoms with van der Waals surface area (Å²) >= 11 is 0. The summed E-state index contributed by atoms with van der Waals surface area (Å²) in [7, 11) is 0. The van der Waals surface area contributed by atoms with Crippen LogP contribution in [-0.2, 0) is 0 Å². The van der Waals surface area contributed by atoms with Crippen molar-refractivity contribution in [2.75, 3.05) is 0 Å². The topological polar surface area (TPSA) is 43.6 Å². The van der Waals surface area contributed by atoms with Gasteiger partial charge in [-0.2, -0.15) is 0 Å². The zero-order valence-electron chi connectivity index (χ0n) is 27.1. The predicted molar refractivity (Wildman–Crippen MR) is 203 cm³/mol. The molecule has 0 saturated carbocycles. The van der Waals surface area contributed by atoms with Gasteiger partial charge < -0.3 is 4.57 Å². The van der Waals surface area contributed by atoms with Gasteiger partial charge >= 0.3 is 0 Å². The summed E-state index contributed by atoms with van der Waals surface area (Å²) in [6.07, 6.45) is 14.2. The number of rotatable bonds is 6. The molecule has 0 fully saturated rings. The first-order chi connectivity index (χ1) is 24.3. The van der Waals surface area contributed by atoms with Gasteiger partial charge in [0.25, 0.3) is 0 Å². The Hall–Kier alpha value is -6.13. The minimum Gasteiger partial charge on any atom is -0.309 e. The average molecular weight is 631 g/mol. The van der Waals surface area contributed by atoms with Gasteiger partial charge in [-0.3, -0.25) is 0 Å². The number of aromatic nitrogens is 4. The Kier molecular flexibility index (Phi) is 7.39. The van der Waals surface area contributed by atoms with Crippen molar-refractivity contribution in [3.63, 3.8) is 0 Å². The number of benzene rings is 5. The maximum atomic E-state index is 5.17. The van der Waals surface area contributed by atoms with E-state index < -0.39 is 0 Å². The van der Waals surface area contributed by atoms with Gasteiger partial charge in [-0.25, -0.2) is 15.0 Å². The molecule has 0 amide bonds. The lowest BCUT2D eigenvalue weighted by atomic mass is 9.86. The van der Waals surface area contributed by atoms with E-state index in [-0.39, 0.29) is 5.92 Å². The van der Waals surface area contributed by atoms with E-state index in [9.17, 15) is 0 Å². The first-order valence-electron chi connectivity index (χ1n) is 17.1. The van der Waals surface area contributed by atoms with Crippen molar-refractivity contribution in [1.29, 1.82) is 0 Å². The molecule has 9 rings (SSSR count). The molecule has 1 unspecified atom stereocenters. The molecular formula is C45H34N4. The molecule has 2 aliphatic rings. The molecule has 4 heteroatoms. The van der Waals surface area contributed by atoms with E-state index in [0.29, 0.717) is 11.6 Å². The van der Waals surface area contributed by atoms with Gasteiger partial charge in [0, 0.05) is 39.1 Å². The SMILES string of the molecule is C1=CCC(c2nc(-c3ccccc3)nc(-c3ccc(C4=CCCC=C4n4c5ccccc5c5ccccc54)cc3)n2)C(c2ccccc2)=C1. The number of para-hydroxylation sites is 2. The van der Waals surface area contributed by atoms with Crippen molar-refractivity contribution in [2.24, 2.45) is 0 Å². The van der Waals surface area contributed by atoms with E-state index >= 15 is 0 Å². The summed E-state index contributed by atoms with van der Waals surface area (Å²) in [6, 6.07) is 47.0. The highest BCUT2D eigenvalue weighted by atomic mass is 15.0. The fourth-order valence-corrected chi connectivity index (χ4v) is 7.32. The summed E-state index contributed by atoms with van der Waals surface area (Å²) < 4.78 is 2.43. The monoisotopic (exact) mass is 630 g/mol. The van der Waals surface area contributed by atoms with Crippen LogP contribution in [0.4, 0.5) is 0 Å². The molecule has 2 heterocycles. The van der Waals surface area contributed by atoms with Gasteiger partial charge in [0.15, 0.2) is 11.6 Å². The van der Waals surface area contributed by atoms with Gasteiger partial charge in [0.2, 0.25) is 0 Å². The molecule has 0 spiro atoms. The second kappa shape index (κ2) is 12.5. The fraction of sp³-hybridized carbons (Fsp3) is 0.0889. The lowest BCUT2D eigenvalue weighted by Crippen LogP contribution is -2.11. The lowest BCUT2D eigenvalue weighted by Gasteiger charge is -2.22. The molecule has 0 bridgehead atoms. The molecule has 0 saturated heterocycles. The third-order valence-corrected chi connectivity index (χ3v) is 9.67. The third kappa shape index (κ3) is 5.32. The van der Waals surface area contributed by atoms with Crippen LogP contribution in [0.25, 0.3) is 61.4 Å². The van der Waals surface area contributed by atoms with Crippen LogP contribution in [-0.4, -0.2) is 19.5 Å². The average Bonchev–Trinajstić information content (AvgIpc) is 3.53. The lowest BCUT2D eigenvalue weighted by molar-refractivity contribution is 0.779. The van der Waals surface area contributed by atoms with Gasteiger partial charge in [0.05, 0.1) is 11.0 Å². The molecule has 7 aromatic rings. The van der Waals surface area contributed by atoms with Gasteiger partial charge in [-0.15, -0.1) is 0 Å². The van der Waals surface area contributed by atoms with E-state index in [2.05, 4.69) is 150 Å². The number of hydrogen-bond acceptors (Lipinski definition) is 3. The van der Waals surface area contributed by atoms with Crippen LogP contribution in [0.1, 0.15) is 42.1 Å². The molecule has 0 radical (unpaired) electrons. The number of allylic oxidation sites excluding steroid dienone is 8. The molecular weight excluding hydrogens is 597 g/mol. The highest BCUT2D eigenvalue weighted by Gasteiger charge is 2.24. The van der Waals surface area contributed by atoms with E-state index in [1.54, 1.807) is 0 Å². The summed E-state index contributed by atoms with van der Waals surface area (Å²) in [5.41, 5.74) is 10.5. The highest BCUT2D eigenvalue weighted by Crippen LogP contribution is 2.40. The highest BCUT2D eigenvalue weighted by molar-refractivity contribution is 6.14. The zero-order chi connectivity index (χ0) is 32.6. The standard InChI is InChI=1S/C45H34N4/c1-3-15-31(16-4-1)35-19-7-8-23-39(35)45-47-43(33-17-5-2-6-18-33)46-44(48-45)34-29-27-32(28-30-34)36-20-9-12-24-40(36)49-41-25-13-10-21-37(41)38-22-11-14-26-42(38)49/h1-8,10-11,13-22,24-30,39H,9,12,23H2. The van der Waals surface area contributed by atoms with Crippen molar-refractivity contribution in [2.45, 2.75) is 25.2 Å². The minimum atomic E-state index is 0.0298. The summed E-state index contributed by atoms with van der Waals surface area (Å²) in [6.45, 7) is 0. The van der Waals surface area contributed by atoms with Crippen molar-refractivity contribution in [1.82, 2.24) is 19.5 Å². The van der Waals surface area contributed by atoms with Gasteiger partial charge in [-0.1, -0.05) is 152 Å². The molecule has 0 N–H and O–H groups in total. The fourth-order valence-electron chi connectivity index (χ4n) is 7.32. The number of nitrogens with zero attached hydrogens (tertiary/aromatic N) is 4. The van der Waals surface area contributed by atoms with E-state index in [1.165, 1.54) is 49.8 Å². The van der Waals surface area contributed by atoms with Crippen LogP contribution in [0.15, 0.2) is 164 Å². The molecule has 49 heavy (non-hydrogen) atoms. The Morgan fingerprint density at radius 1 is 0.510 bits per heavy atom. The molecule has 234 valence electrons. The van der Waals surface area contributed by atoms with Crippen LogP contribution < -0.4 is 0 Å². The van der Waals surface area contributed by atoms with E-state index in [4.69, 9.17) is 15.0 Å². The number of fused-ring (bicyclic) bond motifs is 3. The molecule has 5 aromatic carbocycles. The van der Waals surface area contributed by atoms with Gasteiger partial charge in [0.1, 0.15) is 5.82 Å².